The molecule has 0 saturated carbocycles. The number of nitrogens with zero attached hydrogens (tertiary/aromatic N) is 1. The van der Waals surface area contributed by atoms with Crippen molar-refractivity contribution in [3.8, 4) is 0 Å². The second-order valence-electron chi connectivity index (χ2n) is 4.18. The van der Waals surface area contributed by atoms with E-state index in [-0.39, 0.29) is 12.2 Å². The van der Waals surface area contributed by atoms with Crippen LogP contribution in [0.15, 0.2) is 0 Å². The number of rotatable bonds is 6. The third-order valence-corrected chi connectivity index (χ3v) is 3.26. The molecule has 1 fully saturated rings. The van der Waals surface area contributed by atoms with Gasteiger partial charge in [-0.25, -0.2) is 0 Å². The second-order valence-corrected chi connectivity index (χ2v) is 4.18. The van der Waals surface area contributed by atoms with Gasteiger partial charge in [0.05, 0.1) is 12.2 Å². The van der Waals surface area contributed by atoms with Crippen LogP contribution in [-0.4, -0.2) is 57.0 Å². The Hall–Kier alpha value is -0.160. The minimum Gasteiger partial charge on any atom is -0.377 e. The zero-order chi connectivity index (χ0) is 11.3. The molecular formula is C11H24N2O2. The molecule has 15 heavy (non-hydrogen) atoms. The van der Waals surface area contributed by atoms with Gasteiger partial charge in [0.25, 0.3) is 0 Å². The summed E-state index contributed by atoms with van der Waals surface area (Å²) in [7, 11) is 3.49. The van der Waals surface area contributed by atoms with E-state index in [0.717, 1.165) is 26.1 Å². The van der Waals surface area contributed by atoms with E-state index in [1.807, 2.05) is 0 Å². The van der Waals surface area contributed by atoms with Gasteiger partial charge in [-0.05, 0) is 6.42 Å². The minimum atomic E-state index is 0.195. The Labute approximate surface area is 92.7 Å². The Bertz CT molecular complexity index is 166. The van der Waals surface area contributed by atoms with Crippen molar-refractivity contribution in [1.82, 2.24) is 4.90 Å². The smallest absolute Gasteiger partial charge is 0.0971 e. The molecule has 4 nitrogen and oxygen atoms in total. The Morgan fingerprint density at radius 2 is 1.80 bits per heavy atom. The molecule has 1 saturated heterocycles. The lowest BCUT2D eigenvalue weighted by atomic mass is 10.1. The summed E-state index contributed by atoms with van der Waals surface area (Å²) in [4.78, 5) is 2.39. The van der Waals surface area contributed by atoms with E-state index in [1.165, 1.54) is 6.42 Å². The van der Waals surface area contributed by atoms with Crippen LogP contribution in [0.25, 0.3) is 0 Å². The molecule has 3 unspecified atom stereocenters. The molecule has 90 valence electrons. The van der Waals surface area contributed by atoms with Crippen molar-refractivity contribution >= 4 is 0 Å². The maximum absolute atomic E-state index is 5.79. The van der Waals surface area contributed by atoms with Gasteiger partial charge in [0.2, 0.25) is 0 Å². The van der Waals surface area contributed by atoms with Gasteiger partial charge < -0.3 is 15.2 Å². The van der Waals surface area contributed by atoms with E-state index in [2.05, 4.69) is 11.8 Å². The lowest BCUT2D eigenvalue weighted by Gasteiger charge is -2.25. The summed E-state index contributed by atoms with van der Waals surface area (Å²) >= 11 is 0. The lowest BCUT2D eigenvalue weighted by Crippen LogP contribution is -2.39. The molecule has 3 atom stereocenters. The maximum atomic E-state index is 5.79. The van der Waals surface area contributed by atoms with Crippen LogP contribution in [0.3, 0.4) is 0 Å². The largest absolute Gasteiger partial charge is 0.377 e. The van der Waals surface area contributed by atoms with Gasteiger partial charge in [-0.2, -0.15) is 0 Å². The molecule has 0 aromatic carbocycles. The molecule has 0 aliphatic carbocycles. The van der Waals surface area contributed by atoms with E-state index in [1.54, 1.807) is 14.2 Å². The van der Waals surface area contributed by atoms with Crippen molar-refractivity contribution in [3.05, 3.63) is 0 Å². The zero-order valence-electron chi connectivity index (χ0n) is 10.1. The van der Waals surface area contributed by atoms with Crippen LogP contribution in [0.4, 0.5) is 0 Å². The molecule has 0 aromatic rings. The average molecular weight is 216 g/mol. The van der Waals surface area contributed by atoms with E-state index in [4.69, 9.17) is 15.2 Å². The SMILES string of the molecule is CCCC(CN)N1CC(OC)C(OC)C1. The van der Waals surface area contributed by atoms with Gasteiger partial charge in [0.1, 0.15) is 0 Å². The van der Waals surface area contributed by atoms with Gasteiger partial charge >= 0.3 is 0 Å². The van der Waals surface area contributed by atoms with Gasteiger partial charge in [0.15, 0.2) is 0 Å². The first-order chi connectivity index (χ1) is 7.26. The molecule has 0 amide bonds. The summed E-state index contributed by atoms with van der Waals surface area (Å²) in [6, 6.07) is 0.479. The number of nitrogens with two attached hydrogens (primary N) is 1. The van der Waals surface area contributed by atoms with Crippen LogP contribution >= 0.6 is 0 Å². The number of hydrogen-bond donors (Lipinski definition) is 1. The van der Waals surface area contributed by atoms with Crippen molar-refractivity contribution in [2.75, 3.05) is 33.9 Å². The van der Waals surface area contributed by atoms with E-state index in [9.17, 15) is 0 Å². The Morgan fingerprint density at radius 1 is 1.27 bits per heavy atom. The van der Waals surface area contributed by atoms with Crippen molar-refractivity contribution in [3.63, 3.8) is 0 Å². The maximum Gasteiger partial charge on any atom is 0.0971 e. The van der Waals surface area contributed by atoms with Gasteiger partial charge in [-0.3, -0.25) is 4.90 Å². The molecule has 0 spiro atoms. The first-order valence-electron chi connectivity index (χ1n) is 5.76. The van der Waals surface area contributed by atoms with Gasteiger partial charge in [-0.1, -0.05) is 13.3 Å². The summed E-state index contributed by atoms with van der Waals surface area (Å²) in [5.41, 5.74) is 5.79. The summed E-state index contributed by atoms with van der Waals surface area (Å²) in [5.74, 6) is 0. The first-order valence-corrected chi connectivity index (χ1v) is 5.76. The summed E-state index contributed by atoms with van der Waals surface area (Å²) < 4.78 is 10.8. The normalized spacial score (nSPS) is 29.6. The molecule has 1 heterocycles. The number of likely N-dealkylation sites (tertiary alicyclic amines) is 1. The minimum absolute atomic E-state index is 0.195. The van der Waals surface area contributed by atoms with Crippen molar-refractivity contribution in [2.45, 2.75) is 38.0 Å². The number of hydrogen-bond acceptors (Lipinski definition) is 4. The zero-order valence-corrected chi connectivity index (χ0v) is 10.1. The molecule has 0 aromatic heterocycles. The fraction of sp³-hybridized carbons (Fsp3) is 1.00. The van der Waals surface area contributed by atoms with Crippen LogP contribution in [0.2, 0.25) is 0 Å². The number of ether oxygens (including phenoxy) is 2. The third-order valence-electron chi connectivity index (χ3n) is 3.26. The van der Waals surface area contributed by atoms with Crippen molar-refractivity contribution in [1.29, 1.82) is 0 Å². The Balaban J connectivity index is 2.50. The second kappa shape index (κ2) is 6.43. The van der Waals surface area contributed by atoms with Crippen molar-refractivity contribution < 1.29 is 9.47 Å². The fourth-order valence-electron chi connectivity index (χ4n) is 2.31. The Morgan fingerprint density at radius 3 is 2.13 bits per heavy atom. The molecule has 1 rings (SSSR count). The topological polar surface area (TPSA) is 47.7 Å². The van der Waals surface area contributed by atoms with Crippen molar-refractivity contribution in [2.24, 2.45) is 5.73 Å². The first kappa shape index (κ1) is 12.9. The standard InChI is InChI=1S/C11H24N2O2/c1-4-5-9(6-12)13-7-10(14-2)11(8-13)15-3/h9-11H,4-8,12H2,1-3H3. The predicted molar refractivity (Wildman–Crippen MR) is 60.9 cm³/mol. The third kappa shape index (κ3) is 3.14. The van der Waals surface area contributed by atoms with Crippen LogP contribution < -0.4 is 5.73 Å². The molecular weight excluding hydrogens is 192 g/mol. The van der Waals surface area contributed by atoms with Gasteiger partial charge in [0, 0.05) is 39.9 Å². The molecule has 4 heteroatoms. The summed E-state index contributed by atoms with van der Waals surface area (Å²) in [5, 5.41) is 0. The van der Waals surface area contributed by atoms with E-state index < -0.39 is 0 Å². The molecule has 0 bridgehead atoms. The highest BCUT2D eigenvalue weighted by Crippen LogP contribution is 2.19. The number of methoxy groups -OCH3 is 2. The highest BCUT2D eigenvalue weighted by Gasteiger charge is 2.35. The Kier molecular flexibility index (Phi) is 5.53. The quantitative estimate of drug-likeness (QED) is 0.701. The van der Waals surface area contributed by atoms with Crippen LogP contribution in [0, 0.1) is 0 Å². The summed E-state index contributed by atoms with van der Waals surface area (Å²) in [6.45, 7) is 4.80. The highest BCUT2D eigenvalue weighted by molar-refractivity contribution is 4.89. The predicted octanol–water partition coefficient (Wildman–Crippen LogP) is 0.459. The van der Waals surface area contributed by atoms with Crippen LogP contribution in [0.1, 0.15) is 19.8 Å². The summed E-state index contributed by atoms with van der Waals surface area (Å²) in [6.07, 6.45) is 2.72. The lowest BCUT2D eigenvalue weighted by molar-refractivity contribution is -0.00461. The molecule has 1 aliphatic rings. The molecule has 1 aliphatic heterocycles. The van der Waals surface area contributed by atoms with Crippen LogP contribution in [-0.2, 0) is 9.47 Å². The molecule has 2 N–H and O–H groups in total. The monoisotopic (exact) mass is 216 g/mol. The highest BCUT2D eigenvalue weighted by atomic mass is 16.5. The van der Waals surface area contributed by atoms with Crippen LogP contribution in [0.5, 0.6) is 0 Å². The average Bonchev–Trinajstić information content (AvgIpc) is 2.68. The van der Waals surface area contributed by atoms with E-state index >= 15 is 0 Å². The van der Waals surface area contributed by atoms with E-state index in [0.29, 0.717) is 6.04 Å². The fourth-order valence-corrected chi connectivity index (χ4v) is 2.31. The van der Waals surface area contributed by atoms with Gasteiger partial charge in [-0.15, -0.1) is 0 Å². The molecule has 0 radical (unpaired) electrons.